The lowest BCUT2D eigenvalue weighted by molar-refractivity contribution is 0.239. The lowest BCUT2D eigenvalue weighted by Crippen LogP contribution is -2.39. The van der Waals surface area contributed by atoms with E-state index in [2.05, 4.69) is 15.6 Å². The average molecular weight is 399 g/mol. The fourth-order valence-corrected chi connectivity index (χ4v) is 3.63. The average Bonchev–Trinajstić information content (AvgIpc) is 3.35. The van der Waals surface area contributed by atoms with Gasteiger partial charge in [-0.15, -0.1) is 0 Å². The number of rotatable bonds is 6. The zero-order chi connectivity index (χ0) is 20.2. The van der Waals surface area contributed by atoms with Crippen molar-refractivity contribution in [3.8, 4) is 0 Å². The number of carbonyl (C=O) groups excluding carboxylic acids is 1. The molecule has 3 aromatic rings. The van der Waals surface area contributed by atoms with Gasteiger partial charge in [-0.1, -0.05) is 6.07 Å². The molecule has 0 saturated carbocycles. The number of hydrogen-bond donors (Lipinski definition) is 2. The summed E-state index contributed by atoms with van der Waals surface area (Å²) in [7, 11) is 0. The Kier molecular flexibility index (Phi) is 5.59. The van der Waals surface area contributed by atoms with Crippen LogP contribution in [0.1, 0.15) is 12.1 Å². The standard InChI is InChI=1S/C21H23F2N5O/c22-18-5-4-17(11-19(18)23)27-10-7-15(13-27)12-25-21(29)24-8-6-16-14-28-9-2-1-3-20(28)26-16/h1-5,9,11,14-15H,6-8,10,12-13H2,(H2,24,25,29). The molecule has 152 valence electrons. The summed E-state index contributed by atoms with van der Waals surface area (Å²) in [5.74, 6) is -1.41. The molecule has 1 saturated heterocycles. The first-order valence-corrected chi connectivity index (χ1v) is 9.73. The zero-order valence-corrected chi connectivity index (χ0v) is 15.9. The number of pyridine rings is 1. The van der Waals surface area contributed by atoms with Crippen LogP contribution in [0.25, 0.3) is 5.65 Å². The minimum atomic E-state index is -0.841. The van der Waals surface area contributed by atoms with E-state index in [1.807, 2.05) is 39.9 Å². The van der Waals surface area contributed by atoms with E-state index in [9.17, 15) is 13.6 Å². The molecule has 1 aliphatic heterocycles. The topological polar surface area (TPSA) is 61.7 Å². The van der Waals surface area contributed by atoms with E-state index >= 15 is 0 Å². The van der Waals surface area contributed by atoms with Crippen LogP contribution in [0.2, 0.25) is 0 Å². The van der Waals surface area contributed by atoms with Gasteiger partial charge in [0.15, 0.2) is 11.6 Å². The molecule has 3 heterocycles. The summed E-state index contributed by atoms with van der Waals surface area (Å²) in [6, 6.07) is 9.56. The third-order valence-electron chi connectivity index (χ3n) is 5.19. The van der Waals surface area contributed by atoms with Crippen molar-refractivity contribution in [2.45, 2.75) is 12.8 Å². The van der Waals surface area contributed by atoms with Crippen molar-refractivity contribution >= 4 is 17.4 Å². The number of imidazole rings is 1. The molecule has 29 heavy (non-hydrogen) atoms. The predicted octanol–water partition coefficient (Wildman–Crippen LogP) is 2.98. The number of nitrogens with zero attached hydrogens (tertiary/aromatic N) is 3. The minimum Gasteiger partial charge on any atom is -0.371 e. The van der Waals surface area contributed by atoms with Crippen molar-refractivity contribution in [3.05, 3.63) is 66.1 Å². The number of nitrogens with one attached hydrogen (secondary N) is 2. The highest BCUT2D eigenvalue weighted by Crippen LogP contribution is 2.24. The van der Waals surface area contributed by atoms with Crippen LogP contribution in [0.4, 0.5) is 19.3 Å². The molecular weight excluding hydrogens is 376 g/mol. The summed E-state index contributed by atoms with van der Waals surface area (Å²) in [5.41, 5.74) is 2.48. The number of halogens is 2. The number of hydrogen-bond acceptors (Lipinski definition) is 3. The van der Waals surface area contributed by atoms with E-state index < -0.39 is 11.6 Å². The van der Waals surface area contributed by atoms with E-state index in [4.69, 9.17) is 0 Å². The van der Waals surface area contributed by atoms with Crippen molar-refractivity contribution < 1.29 is 13.6 Å². The normalized spacial score (nSPS) is 16.3. The second kappa shape index (κ2) is 8.46. The van der Waals surface area contributed by atoms with E-state index in [1.54, 1.807) is 6.07 Å². The van der Waals surface area contributed by atoms with Gasteiger partial charge in [-0.05, 0) is 36.6 Å². The van der Waals surface area contributed by atoms with Gasteiger partial charge in [0.1, 0.15) is 5.65 Å². The summed E-state index contributed by atoms with van der Waals surface area (Å²) >= 11 is 0. The Bertz CT molecular complexity index is 973. The lowest BCUT2D eigenvalue weighted by atomic mass is 10.1. The van der Waals surface area contributed by atoms with Crippen LogP contribution < -0.4 is 15.5 Å². The maximum absolute atomic E-state index is 13.4. The number of aromatic nitrogens is 2. The molecule has 8 heteroatoms. The Balaban J connectivity index is 1.18. The predicted molar refractivity (Wildman–Crippen MR) is 107 cm³/mol. The highest BCUT2D eigenvalue weighted by molar-refractivity contribution is 5.73. The molecule has 2 amide bonds. The quantitative estimate of drug-likeness (QED) is 0.670. The van der Waals surface area contributed by atoms with Crippen molar-refractivity contribution in [1.82, 2.24) is 20.0 Å². The zero-order valence-electron chi connectivity index (χ0n) is 15.9. The van der Waals surface area contributed by atoms with Crippen LogP contribution in [0.3, 0.4) is 0 Å². The molecule has 1 atom stereocenters. The number of anilines is 1. The summed E-state index contributed by atoms with van der Waals surface area (Å²) < 4.78 is 28.4. The first kappa shape index (κ1) is 19.2. The molecular formula is C21H23F2N5O. The van der Waals surface area contributed by atoms with Crippen molar-refractivity contribution in [1.29, 1.82) is 0 Å². The molecule has 1 aliphatic rings. The number of urea groups is 1. The monoisotopic (exact) mass is 399 g/mol. The van der Waals surface area contributed by atoms with E-state index in [0.29, 0.717) is 31.7 Å². The third-order valence-corrected chi connectivity index (χ3v) is 5.19. The van der Waals surface area contributed by atoms with Gasteiger partial charge in [-0.3, -0.25) is 0 Å². The van der Waals surface area contributed by atoms with Crippen molar-refractivity contribution in [3.63, 3.8) is 0 Å². The van der Waals surface area contributed by atoms with Crippen molar-refractivity contribution in [2.24, 2.45) is 5.92 Å². The Morgan fingerprint density at radius 1 is 1.17 bits per heavy atom. The summed E-state index contributed by atoms with van der Waals surface area (Å²) in [5, 5.41) is 5.75. The van der Waals surface area contributed by atoms with Gasteiger partial charge in [0.2, 0.25) is 0 Å². The fraction of sp³-hybridized carbons (Fsp3) is 0.333. The summed E-state index contributed by atoms with van der Waals surface area (Å²) in [4.78, 5) is 18.6. The van der Waals surface area contributed by atoms with Crippen LogP contribution in [0, 0.1) is 17.6 Å². The first-order chi connectivity index (χ1) is 14.1. The molecule has 1 fully saturated rings. The molecule has 1 aromatic carbocycles. The lowest BCUT2D eigenvalue weighted by Gasteiger charge is -2.19. The maximum Gasteiger partial charge on any atom is 0.314 e. The Labute approximate surface area is 167 Å². The van der Waals surface area contributed by atoms with Gasteiger partial charge in [0.05, 0.1) is 5.69 Å². The molecule has 0 spiro atoms. The molecule has 2 N–H and O–H groups in total. The first-order valence-electron chi connectivity index (χ1n) is 9.73. The van der Waals surface area contributed by atoms with Gasteiger partial charge in [-0.25, -0.2) is 18.6 Å². The molecule has 0 bridgehead atoms. The van der Waals surface area contributed by atoms with E-state index in [0.717, 1.165) is 30.4 Å². The number of amides is 2. The smallest absolute Gasteiger partial charge is 0.314 e. The largest absolute Gasteiger partial charge is 0.371 e. The van der Waals surface area contributed by atoms with Crippen molar-refractivity contribution in [2.75, 3.05) is 31.1 Å². The van der Waals surface area contributed by atoms with E-state index in [-0.39, 0.29) is 11.9 Å². The molecule has 6 nitrogen and oxygen atoms in total. The number of carbonyl (C=O) groups is 1. The van der Waals surface area contributed by atoms with Crippen LogP contribution in [-0.2, 0) is 6.42 Å². The summed E-state index contributed by atoms with van der Waals surface area (Å²) in [6.45, 7) is 2.50. The van der Waals surface area contributed by atoms with Gasteiger partial charge < -0.3 is 19.9 Å². The second-order valence-electron chi connectivity index (χ2n) is 7.28. The summed E-state index contributed by atoms with van der Waals surface area (Å²) in [6.07, 6.45) is 5.44. The maximum atomic E-state index is 13.4. The highest BCUT2D eigenvalue weighted by atomic mass is 19.2. The highest BCUT2D eigenvalue weighted by Gasteiger charge is 2.23. The van der Waals surface area contributed by atoms with Gasteiger partial charge in [-0.2, -0.15) is 0 Å². The van der Waals surface area contributed by atoms with Gasteiger partial charge in [0, 0.05) is 56.7 Å². The van der Waals surface area contributed by atoms with Crippen LogP contribution >= 0.6 is 0 Å². The Hall–Kier alpha value is -3.16. The second-order valence-corrected chi connectivity index (χ2v) is 7.28. The van der Waals surface area contributed by atoms with Gasteiger partial charge in [0.25, 0.3) is 0 Å². The molecule has 0 aliphatic carbocycles. The molecule has 4 rings (SSSR count). The Morgan fingerprint density at radius 3 is 2.90 bits per heavy atom. The van der Waals surface area contributed by atoms with Crippen LogP contribution in [0.15, 0.2) is 48.8 Å². The number of benzene rings is 1. The van der Waals surface area contributed by atoms with Gasteiger partial charge >= 0.3 is 6.03 Å². The van der Waals surface area contributed by atoms with E-state index in [1.165, 1.54) is 6.07 Å². The van der Waals surface area contributed by atoms with Crippen LogP contribution in [0.5, 0.6) is 0 Å². The van der Waals surface area contributed by atoms with Crippen LogP contribution in [-0.4, -0.2) is 41.6 Å². The molecule has 1 unspecified atom stereocenters. The minimum absolute atomic E-state index is 0.208. The SMILES string of the molecule is O=C(NCCc1cn2ccccc2n1)NCC1CCN(c2ccc(F)c(F)c2)C1. The molecule has 0 radical (unpaired) electrons. The molecule has 2 aromatic heterocycles. The third kappa shape index (κ3) is 4.64. The number of fused-ring (bicyclic) bond motifs is 1. The Morgan fingerprint density at radius 2 is 2.07 bits per heavy atom. The fourth-order valence-electron chi connectivity index (χ4n) is 3.63.